The number of aromatic nitrogens is 4. The summed E-state index contributed by atoms with van der Waals surface area (Å²) in [6.45, 7) is 1.24. The Morgan fingerprint density at radius 3 is 2.57 bits per heavy atom. The second-order valence-electron chi connectivity index (χ2n) is 11.3. The van der Waals surface area contributed by atoms with Gasteiger partial charge in [-0.1, -0.05) is 17.3 Å². The standard InChI is InChI=1S/C30H36F5N7O4/c1-30(34,35)46-24-4-2-3-21(13-24)16-36-29(45)25-18-42(39-38-25)17-22(31)7-11-41-12-8-23(15-28(41)44)37-27(43)14-20-5-9-40(10-6-20)19-26(32)33/h2-4,8,12-13,15,18,20,22,26H,5-7,9-11,14,16-17,19H2,1H3,(H,36,45)(H,37,43). The first kappa shape index (κ1) is 34.5. The van der Waals surface area contributed by atoms with E-state index in [9.17, 15) is 36.3 Å². The van der Waals surface area contributed by atoms with Gasteiger partial charge in [0.25, 0.3) is 17.9 Å². The summed E-state index contributed by atoms with van der Waals surface area (Å²) in [4.78, 5) is 39.1. The summed E-state index contributed by atoms with van der Waals surface area (Å²) in [5.41, 5.74) is 0.339. The van der Waals surface area contributed by atoms with Crippen molar-refractivity contribution in [2.75, 3.05) is 25.0 Å². The van der Waals surface area contributed by atoms with E-state index in [0.717, 1.165) is 0 Å². The zero-order chi connectivity index (χ0) is 33.3. The number of alkyl halides is 5. The number of anilines is 1. The minimum atomic E-state index is -3.35. The molecular formula is C30H36F5N7O4. The van der Waals surface area contributed by atoms with Gasteiger partial charge in [-0.3, -0.25) is 19.3 Å². The molecule has 46 heavy (non-hydrogen) atoms. The molecule has 2 N–H and O–H groups in total. The van der Waals surface area contributed by atoms with E-state index in [1.54, 1.807) is 17.0 Å². The Morgan fingerprint density at radius 2 is 1.87 bits per heavy atom. The number of likely N-dealkylation sites (tertiary alicyclic amines) is 1. The number of hydrogen-bond donors (Lipinski definition) is 2. The zero-order valence-corrected chi connectivity index (χ0v) is 25.2. The minimum absolute atomic E-state index is 0.00603. The fraction of sp³-hybridized carbons (Fsp3) is 0.500. The summed E-state index contributed by atoms with van der Waals surface area (Å²) < 4.78 is 73.0. The number of carbonyl (C=O) groups is 2. The van der Waals surface area contributed by atoms with Crippen LogP contribution in [-0.2, 0) is 24.4 Å². The van der Waals surface area contributed by atoms with Crippen molar-refractivity contribution < 1.29 is 36.3 Å². The highest BCUT2D eigenvalue weighted by molar-refractivity contribution is 5.92. The molecule has 0 saturated carbocycles. The van der Waals surface area contributed by atoms with Gasteiger partial charge in [0.05, 0.1) is 19.3 Å². The summed E-state index contributed by atoms with van der Waals surface area (Å²) in [6, 6.07) is 8.66. The molecule has 1 aliphatic heterocycles. The molecule has 1 saturated heterocycles. The van der Waals surface area contributed by atoms with Crippen molar-refractivity contribution in [3.63, 3.8) is 0 Å². The first-order valence-corrected chi connectivity index (χ1v) is 14.8. The van der Waals surface area contributed by atoms with Crippen molar-refractivity contribution in [2.45, 2.75) is 70.9 Å². The Morgan fingerprint density at radius 1 is 1.11 bits per heavy atom. The molecule has 1 aliphatic rings. The molecule has 2 aromatic heterocycles. The molecule has 2 amide bonds. The molecule has 3 heterocycles. The van der Waals surface area contributed by atoms with Crippen molar-refractivity contribution in [3.05, 3.63) is 70.4 Å². The molecule has 3 aromatic rings. The lowest BCUT2D eigenvalue weighted by atomic mass is 9.93. The first-order valence-electron chi connectivity index (χ1n) is 14.8. The molecule has 0 radical (unpaired) electrons. The van der Waals surface area contributed by atoms with Gasteiger partial charge in [-0.15, -0.1) is 5.10 Å². The fourth-order valence-corrected chi connectivity index (χ4v) is 5.08. The molecule has 4 rings (SSSR count). The molecule has 0 bridgehead atoms. The SMILES string of the molecule is CC(F)(F)Oc1cccc(CNC(=O)c2cn(CC(F)CCn3ccc(NC(=O)CC4CCN(CC(F)F)CC4)cc3=O)nn2)c1. The third kappa shape index (κ3) is 11.2. The quantitative estimate of drug-likeness (QED) is 0.237. The third-order valence-electron chi connectivity index (χ3n) is 7.35. The largest absolute Gasteiger partial charge is 0.433 e. The Kier molecular flexibility index (Phi) is 11.8. The van der Waals surface area contributed by atoms with Crippen molar-refractivity contribution in [3.8, 4) is 5.75 Å². The smallest absolute Gasteiger partial charge is 0.394 e. The maximum atomic E-state index is 14.7. The average molecular weight is 654 g/mol. The number of nitrogens with one attached hydrogen (secondary N) is 2. The van der Waals surface area contributed by atoms with Gasteiger partial charge in [0.15, 0.2) is 5.69 Å². The summed E-state index contributed by atoms with van der Waals surface area (Å²) >= 11 is 0. The normalized spacial score (nSPS) is 15.1. The topological polar surface area (TPSA) is 123 Å². The number of aryl methyl sites for hydroxylation is 1. The van der Waals surface area contributed by atoms with Gasteiger partial charge in [0.2, 0.25) is 5.91 Å². The van der Waals surface area contributed by atoms with Gasteiger partial charge >= 0.3 is 6.11 Å². The van der Waals surface area contributed by atoms with Crippen LogP contribution in [0.25, 0.3) is 0 Å². The van der Waals surface area contributed by atoms with E-state index in [0.29, 0.717) is 44.1 Å². The van der Waals surface area contributed by atoms with Gasteiger partial charge in [-0.2, -0.15) is 8.78 Å². The molecule has 1 atom stereocenters. The lowest BCUT2D eigenvalue weighted by molar-refractivity contribution is -0.159. The molecular weight excluding hydrogens is 617 g/mol. The predicted molar refractivity (Wildman–Crippen MR) is 158 cm³/mol. The van der Waals surface area contributed by atoms with E-state index in [1.165, 1.54) is 45.9 Å². The fourth-order valence-electron chi connectivity index (χ4n) is 5.08. The number of rotatable bonds is 15. The Bertz CT molecular complexity index is 1520. The van der Waals surface area contributed by atoms with E-state index in [2.05, 4.69) is 25.7 Å². The van der Waals surface area contributed by atoms with Crippen LogP contribution in [0.3, 0.4) is 0 Å². The van der Waals surface area contributed by atoms with Crippen LogP contribution < -0.4 is 20.9 Å². The van der Waals surface area contributed by atoms with Crippen LogP contribution in [0.4, 0.5) is 27.6 Å². The number of benzene rings is 1. The highest BCUT2D eigenvalue weighted by atomic mass is 19.3. The van der Waals surface area contributed by atoms with Crippen molar-refractivity contribution in [1.82, 2.24) is 29.8 Å². The van der Waals surface area contributed by atoms with Gasteiger partial charge in [-0.05, 0) is 62.0 Å². The second-order valence-corrected chi connectivity index (χ2v) is 11.3. The molecule has 16 heteroatoms. The van der Waals surface area contributed by atoms with E-state index in [1.807, 2.05) is 0 Å². The summed E-state index contributed by atoms with van der Waals surface area (Å²) in [5, 5.41) is 12.8. The molecule has 1 unspecified atom stereocenters. The Balaban J connectivity index is 1.18. The van der Waals surface area contributed by atoms with Crippen LogP contribution in [-0.4, -0.2) is 74.6 Å². The summed E-state index contributed by atoms with van der Waals surface area (Å²) in [7, 11) is 0. The maximum absolute atomic E-state index is 14.7. The molecule has 0 spiro atoms. The number of carbonyl (C=O) groups excluding carboxylic acids is 2. The third-order valence-corrected chi connectivity index (χ3v) is 7.35. The van der Waals surface area contributed by atoms with Crippen LogP contribution >= 0.6 is 0 Å². The highest BCUT2D eigenvalue weighted by Gasteiger charge is 2.24. The van der Waals surface area contributed by atoms with Crippen molar-refractivity contribution >= 4 is 17.5 Å². The maximum Gasteiger partial charge on any atom is 0.394 e. The Labute approximate surface area is 261 Å². The van der Waals surface area contributed by atoms with E-state index in [4.69, 9.17) is 0 Å². The molecule has 250 valence electrons. The number of nitrogens with zero attached hydrogens (tertiary/aromatic N) is 5. The van der Waals surface area contributed by atoms with Crippen molar-refractivity contribution in [2.24, 2.45) is 5.92 Å². The van der Waals surface area contributed by atoms with Crippen LogP contribution in [0.15, 0.2) is 53.6 Å². The zero-order valence-electron chi connectivity index (χ0n) is 25.2. The number of pyridine rings is 1. The van der Waals surface area contributed by atoms with Gasteiger partial charge in [0, 0.05) is 44.4 Å². The first-order chi connectivity index (χ1) is 21.8. The van der Waals surface area contributed by atoms with Gasteiger partial charge in [0.1, 0.15) is 11.9 Å². The van der Waals surface area contributed by atoms with Crippen LogP contribution in [0.2, 0.25) is 0 Å². The number of amides is 2. The van der Waals surface area contributed by atoms with Gasteiger partial charge < -0.3 is 19.9 Å². The van der Waals surface area contributed by atoms with Crippen LogP contribution in [0, 0.1) is 5.92 Å². The lowest BCUT2D eigenvalue weighted by Gasteiger charge is -2.31. The molecule has 11 nitrogen and oxygen atoms in total. The van der Waals surface area contributed by atoms with E-state index in [-0.39, 0.29) is 62.3 Å². The van der Waals surface area contributed by atoms with Gasteiger partial charge in [-0.25, -0.2) is 17.9 Å². The number of piperidine rings is 1. The molecule has 1 aromatic carbocycles. The van der Waals surface area contributed by atoms with E-state index >= 15 is 0 Å². The number of ether oxygens (including phenoxy) is 1. The second kappa shape index (κ2) is 15.8. The highest BCUT2D eigenvalue weighted by Crippen LogP contribution is 2.23. The monoisotopic (exact) mass is 653 g/mol. The summed E-state index contributed by atoms with van der Waals surface area (Å²) in [5.74, 6) is -0.837. The summed E-state index contributed by atoms with van der Waals surface area (Å²) in [6.07, 6.45) is -2.93. The van der Waals surface area contributed by atoms with Crippen LogP contribution in [0.1, 0.15) is 48.7 Å². The predicted octanol–water partition coefficient (Wildman–Crippen LogP) is 4.10. The number of halogens is 5. The average Bonchev–Trinajstić information content (AvgIpc) is 3.44. The number of hydrogen-bond acceptors (Lipinski definition) is 7. The van der Waals surface area contributed by atoms with E-state index < -0.39 is 30.2 Å². The lowest BCUT2D eigenvalue weighted by Crippen LogP contribution is -2.37. The van der Waals surface area contributed by atoms with Crippen LogP contribution in [0.5, 0.6) is 5.75 Å². The molecule has 1 fully saturated rings. The Hall–Kier alpha value is -4.34. The van der Waals surface area contributed by atoms with Crippen molar-refractivity contribution in [1.29, 1.82) is 0 Å². The molecule has 0 aliphatic carbocycles. The minimum Gasteiger partial charge on any atom is -0.433 e.